The van der Waals surface area contributed by atoms with Crippen molar-refractivity contribution in [2.24, 2.45) is 0 Å². The molecule has 13 nitrogen and oxygen atoms in total. The van der Waals surface area contributed by atoms with E-state index in [4.69, 9.17) is 25.8 Å². The molecule has 0 saturated carbocycles. The molecular weight excluding hydrogens is 843 g/mol. The van der Waals surface area contributed by atoms with E-state index in [1.807, 2.05) is 0 Å². The number of hydrogen-bond donors (Lipinski definition) is 1. The van der Waals surface area contributed by atoms with Crippen molar-refractivity contribution < 1.29 is 54.4 Å². The molecule has 1 fully saturated rings. The van der Waals surface area contributed by atoms with Crippen LogP contribution in [0.5, 0.6) is 33.4 Å². The van der Waals surface area contributed by atoms with Crippen molar-refractivity contribution in [2.45, 2.75) is 31.2 Å². The second-order valence-electron chi connectivity index (χ2n) is 10.2. The lowest BCUT2D eigenvalue weighted by atomic mass is 9.99. The first-order chi connectivity index (χ1) is 24.5. The van der Waals surface area contributed by atoms with E-state index in [1.54, 1.807) is 0 Å². The minimum absolute atomic E-state index is 0.00295. The minimum Gasteiger partial charge on any atom is -0.430 e. The Bertz CT molecular complexity index is 1990. The summed E-state index contributed by atoms with van der Waals surface area (Å²) >= 11 is 11.3. The Kier molecular flexibility index (Phi) is 12.4. The van der Waals surface area contributed by atoms with Gasteiger partial charge < -0.3 is 29.0 Å². The molecular formula is C28H20BrClF7N7O6S2. The second-order valence-corrected chi connectivity index (χ2v) is 13.7. The lowest BCUT2D eigenvalue weighted by Gasteiger charge is -2.29. The molecule has 0 bridgehead atoms. The van der Waals surface area contributed by atoms with Gasteiger partial charge in [-0.15, -0.1) is 36.5 Å². The Morgan fingerprint density at radius 2 is 1.40 bits per heavy atom. The summed E-state index contributed by atoms with van der Waals surface area (Å²) in [5, 5.41) is 21.9. The molecule has 24 heteroatoms. The van der Waals surface area contributed by atoms with Crippen molar-refractivity contribution in [3.63, 3.8) is 0 Å². The Morgan fingerprint density at radius 3 is 1.90 bits per heavy atom. The molecule has 52 heavy (non-hydrogen) atoms. The molecule has 3 aromatic heterocycles. The molecule has 2 aromatic carbocycles. The van der Waals surface area contributed by atoms with Crippen LogP contribution in [0.1, 0.15) is 12.8 Å². The van der Waals surface area contributed by atoms with Crippen LogP contribution in [-0.4, -0.2) is 68.3 Å². The molecule has 1 N–H and O–H groups in total. The van der Waals surface area contributed by atoms with Crippen molar-refractivity contribution in [1.29, 1.82) is 0 Å². The van der Waals surface area contributed by atoms with E-state index in [9.17, 15) is 35.5 Å². The van der Waals surface area contributed by atoms with Crippen molar-refractivity contribution in [3.05, 3.63) is 74.0 Å². The zero-order chi connectivity index (χ0) is 37.5. The molecule has 1 aliphatic rings. The highest BCUT2D eigenvalue weighted by molar-refractivity contribution is 9.11. The number of nitrogens with zero attached hydrogens (tertiary/aromatic N) is 6. The van der Waals surface area contributed by atoms with E-state index >= 15 is 0 Å². The number of ether oxygens (including phenoxy) is 5. The first-order valence-electron chi connectivity index (χ1n) is 14.2. The summed E-state index contributed by atoms with van der Waals surface area (Å²) in [6, 6.07) is 9.63. The van der Waals surface area contributed by atoms with Gasteiger partial charge in [0.05, 0.1) is 25.0 Å². The number of nitrogens with one attached hydrogen (secondary N) is 1. The smallest absolute Gasteiger partial charge is 0.430 e. The van der Waals surface area contributed by atoms with E-state index in [2.05, 4.69) is 56.2 Å². The highest BCUT2D eigenvalue weighted by atomic mass is 79.9. The number of benzene rings is 2. The van der Waals surface area contributed by atoms with Gasteiger partial charge in [-0.25, -0.2) is 4.39 Å². The Balaban J connectivity index is 0.000000244. The first kappa shape index (κ1) is 38.9. The summed E-state index contributed by atoms with van der Waals surface area (Å²) in [7, 11) is 0. The molecule has 0 aliphatic carbocycles. The summed E-state index contributed by atoms with van der Waals surface area (Å²) < 4.78 is 112. The molecule has 1 aliphatic heterocycles. The minimum atomic E-state index is -4.80. The maximum atomic E-state index is 14.7. The third-order valence-electron chi connectivity index (χ3n) is 6.27. The summed E-state index contributed by atoms with van der Waals surface area (Å²) in [4.78, 5) is 12.6. The third-order valence-corrected chi connectivity index (χ3v) is 8.65. The summed E-state index contributed by atoms with van der Waals surface area (Å²) in [5.74, 6) is -0.213. The number of aromatic nitrogens is 6. The Morgan fingerprint density at radius 1 is 0.865 bits per heavy atom. The fourth-order valence-electron chi connectivity index (χ4n) is 4.09. The zero-order valence-electron chi connectivity index (χ0n) is 25.6. The van der Waals surface area contributed by atoms with Crippen molar-refractivity contribution in [1.82, 2.24) is 30.2 Å². The van der Waals surface area contributed by atoms with E-state index in [0.29, 0.717) is 29.1 Å². The average Bonchev–Trinajstić information content (AvgIpc) is 3.71. The quantitative estimate of drug-likeness (QED) is 0.135. The van der Waals surface area contributed by atoms with Crippen molar-refractivity contribution >= 4 is 55.9 Å². The van der Waals surface area contributed by atoms with Gasteiger partial charge in [-0.05, 0) is 100.0 Å². The largest absolute Gasteiger partial charge is 0.573 e. The topological polar surface area (TPSA) is 145 Å². The summed E-state index contributed by atoms with van der Waals surface area (Å²) in [6.45, 7) is 0.366. The SMILES string of the molecule is FC(F)(F)Oc1ccc(Oc2nnc(Br)s2)cc1.O=c1c(Cl)c(NCC2(F)CCCOC2)cnn1-c1nnc(Oc2ccc(OC(F)(F)F)cc2)s1. The van der Waals surface area contributed by atoms with Gasteiger partial charge in [-0.3, -0.25) is 4.79 Å². The van der Waals surface area contributed by atoms with E-state index in [0.717, 1.165) is 51.6 Å². The predicted molar refractivity (Wildman–Crippen MR) is 175 cm³/mol. The van der Waals surface area contributed by atoms with Gasteiger partial charge in [0, 0.05) is 6.61 Å². The fraction of sp³-hybridized carbons (Fsp3) is 0.286. The first-order valence-corrected chi connectivity index (χ1v) is 17.0. The molecule has 0 amide bonds. The third kappa shape index (κ3) is 11.6. The monoisotopic (exact) mass is 861 g/mol. The van der Waals surface area contributed by atoms with Gasteiger partial charge in [0.15, 0.2) is 9.59 Å². The van der Waals surface area contributed by atoms with E-state index in [-0.39, 0.29) is 50.9 Å². The Hall–Kier alpha value is -4.32. The molecule has 4 heterocycles. The van der Waals surface area contributed by atoms with Crippen LogP contribution in [0.15, 0.2) is 63.4 Å². The molecule has 0 radical (unpaired) electrons. The lowest BCUT2D eigenvalue weighted by molar-refractivity contribution is -0.275. The molecule has 1 atom stereocenters. The van der Waals surface area contributed by atoms with Crippen LogP contribution < -0.4 is 29.8 Å². The number of alkyl halides is 7. The Labute approximate surface area is 308 Å². The van der Waals surface area contributed by atoms with Gasteiger partial charge >= 0.3 is 17.9 Å². The van der Waals surface area contributed by atoms with Crippen LogP contribution in [0.3, 0.4) is 0 Å². The number of hydrogen-bond acceptors (Lipinski definition) is 14. The summed E-state index contributed by atoms with van der Waals surface area (Å²) in [6.07, 6.45) is -7.32. The van der Waals surface area contributed by atoms with Gasteiger partial charge in [0.2, 0.25) is 5.13 Å². The molecule has 1 saturated heterocycles. The number of halogens is 9. The number of anilines is 1. The molecule has 5 aromatic rings. The van der Waals surface area contributed by atoms with Crippen LogP contribution >= 0.6 is 50.2 Å². The van der Waals surface area contributed by atoms with E-state index in [1.165, 1.54) is 30.5 Å². The van der Waals surface area contributed by atoms with Crippen LogP contribution in [-0.2, 0) is 4.74 Å². The standard InChI is InChI=1S/C19H16ClF4N5O4S.C9H4BrF3N2O2S/c20-14-13(25-9-18(21)6-1-7-31-10-18)8-26-29(15(14)30)16-27-28-17(34-16)32-11-2-4-12(5-3-11)33-19(22,23)24;10-7-14-15-8(18-7)16-5-1-3-6(4-2-5)17-9(11,12)13/h2-5,8,25H,1,6-7,9-10H2;1-4H. The van der Waals surface area contributed by atoms with Gasteiger partial charge in [0.25, 0.3) is 10.8 Å². The maximum Gasteiger partial charge on any atom is 0.573 e. The second kappa shape index (κ2) is 16.6. The highest BCUT2D eigenvalue weighted by Crippen LogP contribution is 2.32. The van der Waals surface area contributed by atoms with Gasteiger partial charge in [-0.1, -0.05) is 21.8 Å². The molecule has 0 spiro atoms. The molecule has 1 unspecified atom stereocenters. The number of rotatable bonds is 10. The predicted octanol–water partition coefficient (Wildman–Crippen LogP) is 8.35. The van der Waals surface area contributed by atoms with Crippen molar-refractivity contribution in [3.8, 4) is 38.5 Å². The average molecular weight is 863 g/mol. The maximum absolute atomic E-state index is 14.7. The van der Waals surface area contributed by atoms with E-state index < -0.39 is 29.7 Å². The van der Waals surface area contributed by atoms with Gasteiger partial charge in [0.1, 0.15) is 28.0 Å². The normalized spacial score (nSPS) is 16.0. The van der Waals surface area contributed by atoms with Crippen LogP contribution in [0, 0.1) is 0 Å². The molecule has 6 rings (SSSR count). The van der Waals surface area contributed by atoms with Crippen LogP contribution in [0.4, 0.5) is 36.4 Å². The fourth-order valence-corrected chi connectivity index (χ4v) is 5.90. The van der Waals surface area contributed by atoms with Crippen molar-refractivity contribution in [2.75, 3.05) is 25.1 Å². The molecule has 278 valence electrons. The lowest BCUT2D eigenvalue weighted by Crippen LogP contribution is -2.40. The van der Waals surface area contributed by atoms with Gasteiger partial charge in [-0.2, -0.15) is 9.78 Å². The van der Waals surface area contributed by atoms with Crippen LogP contribution in [0.2, 0.25) is 5.02 Å². The zero-order valence-corrected chi connectivity index (χ0v) is 29.6. The summed E-state index contributed by atoms with van der Waals surface area (Å²) in [5.41, 5.74) is -2.12. The van der Waals surface area contributed by atoms with Crippen LogP contribution in [0.25, 0.3) is 5.13 Å². The highest BCUT2D eigenvalue weighted by Gasteiger charge is 2.33.